The molecule has 0 saturated carbocycles. The summed E-state index contributed by atoms with van der Waals surface area (Å²) in [6.45, 7) is 0.176. The molecule has 0 aliphatic carbocycles. The van der Waals surface area contributed by atoms with E-state index in [1.165, 1.54) is 6.20 Å². The van der Waals surface area contributed by atoms with Gasteiger partial charge in [-0.1, -0.05) is 0 Å². The number of aromatic nitrogens is 2. The summed E-state index contributed by atoms with van der Waals surface area (Å²) in [6, 6.07) is 7.14. The average molecular weight is 259 g/mol. The Labute approximate surface area is 110 Å². The molecule has 2 rings (SSSR count). The molecule has 0 saturated heterocycles. The van der Waals surface area contributed by atoms with Gasteiger partial charge in [0.15, 0.2) is 12.1 Å². The number of aldehydes is 1. The van der Waals surface area contributed by atoms with E-state index in [9.17, 15) is 4.79 Å². The maximum absolute atomic E-state index is 10.6. The molecule has 0 aliphatic rings. The van der Waals surface area contributed by atoms with Crippen LogP contribution < -0.4 is 15.2 Å². The van der Waals surface area contributed by atoms with Crippen molar-refractivity contribution in [1.82, 2.24) is 9.97 Å². The number of hydrogen-bond donors (Lipinski definition) is 1. The van der Waals surface area contributed by atoms with Gasteiger partial charge in [0.05, 0.1) is 12.7 Å². The summed E-state index contributed by atoms with van der Waals surface area (Å²) in [5, 5.41) is 0. The average Bonchev–Trinajstić information content (AvgIpc) is 2.46. The lowest BCUT2D eigenvalue weighted by Gasteiger charge is -2.07. The first kappa shape index (κ1) is 12.8. The monoisotopic (exact) mass is 259 g/mol. The van der Waals surface area contributed by atoms with E-state index in [1.54, 1.807) is 31.4 Å². The van der Waals surface area contributed by atoms with Gasteiger partial charge in [-0.15, -0.1) is 0 Å². The molecule has 98 valence electrons. The minimum absolute atomic E-state index is 0.151. The molecule has 0 amide bonds. The highest BCUT2D eigenvalue weighted by atomic mass is 16.5. The summed E-state index contributed by atoms with van der Waals surface area (Å²) in [5.74, 6) is 1.99. The standard InChI is InChI=1S/C13H13N3O3/c1-18-10-2-4-11(5-3-10)19-8-12-15-6-9(7-17)13(14)16-12/h2-7H,8H2,1H3,(H2,14,15,16). The highest BCUT2D eigenvalue weighted by molar-refractivity contribution is 5.80. The molecule has 0 unspecified atom stereocenters. The van der Waals surface area contributed by atoms with Crippen LogP contribution in [-0.2, 0) is 6.61 Å². The Bertz CT molecular complexity index is 570. The van der Waals surface area contributed by atoms with Crippen LogP contribution in [0.15, 0.2) is 30.5 Å². The van der Waals surface area contributed by atoms with E-state index in [2.05, 4.69) is 9.97 Å². The van der Waals surface area contributed by atoms with E-state index in [0.717, 1.165) is 5.75 Å². The number of rotatable bonds is 5. The van der Waals surface area contributed by atoms with E-state index >= 15 is 0 Å². The summed E-state index contributed by atoms with van der Waals surface area (Å²) in [4.78, 5) is 18.5. The SMILES string of the molecule is COc1ccc(OCc2ncc(C=O)c(N)n2)cc1. The number of benzene rings is 1. The summed E-state index contributed by atoms with van der Waals surface area (Å²) in [5.41, 5.74) is 5.86. The van der Waals surface area contributed by atoms with Crippen molar-refractivity contribution in [1.29, 1.82) is 0 Å². The highest BCUT2D eigenvalue weighted by Gasteiger charge is 2.04. The molecule has 19 heavy (non-hydrogen) atoms. The summed E-state index contributed by atoms with van der Waals surface area (Å²) >= 11 is 0. The fraction of sp³-hybridized carbons (Fsp3) is 0.154. The van der Waals surface area contributed by atoms with Gasteiger partial charge in [0, 0.05) is 6.20 Å². The Balaban J connectivity index is 2.01. The predicted octanol–water partition coefficient (Wildman–Crippen LogP) is 1.46. The second-order valence-electron chi connectivity index (χ2n) is 3.71. The maximum Gasteiger partial charge on any atom is 0.168 e. The minimum atomic E-state index is 0.151. The molecule has 1 heterocycles. The molecule has 0 atom stereocenters. The molecule has 6 nitrogen and oxygen atoms in total. The zero-order chi connectivity index (χ0) is 13.7. The Morgan fingerprint density at radius 1 is 1.26 bits per heavy atom. The largest absolute Gasteiger partial charge is 0.497 e. The van der Waals surface area contributed by atoms with Crippen molar-refractivity contribution in [3.8, 4) is 11.5 Å². The van der Waals surface area contributed by atoms with Gasteiger partial charge in [-0.05, 0) is 24.3 Å². The highest BCUT2D eigenvalue weighted by Crippen LogP contribution is 2.17. The van der Waals surface area contributed by atoms with E-state index < -0.39 is 0 Å². The summed E-state index contributed by atoms with van der Waals surface area (Å²) < 4.78 is 10.5. The minimum Gasteiger partial charge on any atom is -0.497 e. The normalized spacial score (nSPS) is 9.95. The zero-order valence-corrected chi connectivity index (χ0v) is 10.4. The fourth-order valence-electron chi connectivity index (χ4n) is 1.42. The van der Waals surface area contributed by atoms with Crippen LogP contribution in [0.5, 0.6) is 11.5 Å². The fourth-order valence-corrected chi connectivity index (χ4v) is 1.42. The summed E-state index contributed by atoms with van der Waals surface area (Å²) in [7, 11) is 1.60. The van der Waals surface area contributed by atoms with Crippen molar-refractivity contribution in [2.24, 2.45) is 0 Å². The van der Waals surface area contributed by atoms with Crippen molar-refractivity contribution in [3.05, 3.63) is 41.9 Å². The first-order valence-electron chi connectivity index (χ1n) is 5.56. The first-order chi connectivity index (χ1) is 9.22. The van der Waals surface area contributed by atoms with Crippen LogP contribution in [0.1, 0.15) is 16.2 Å². The van der Waals surface area contributed by atoms with Crippen molar-refractivity contribution >= 4 is 12.1 Å². The van der Waals surface area contributed by atoms with E-state index in [4.69, 9.17) is 15.2 Å². The van der Waals surface area contributed by atoms with Crippen molar-refractivity contribution in [2.45, 2.75) is 6.61 Å². The molecule has 0 aliphatic heterocycles. The number of hydrogen-bond acceptors (Lipinski definition) is 6. The Kier molecular flexibility index (Phi) is 3.92. The number of carbonyl (C=O) groups is 1. The van der Waals surface area contributed by atoms with Gasteiger partial charge < -0.3 is 15.2 Å². The van der Waals surface area contributed by atoms with E-state index in [1.807, 2.05) is 0 Å². The molecule has 0 radical (unpaired) electrons. The first-order valence-corrected chi connectivity index (χ1v) is 5.56. The molecule has 0 fully saturated rings. The van der Waals surface area contributed by atoms with Gasteiger partial charge >= 0.3 is 0 Å². The van der Waals surface area contributed by atoms with Gasteiger partial charge in [-0.25, -0.2) is 9.97 Å². The lowest BCUT2D eigenvalue weighted by molar-refractivity contribution is 0.112. The molecule has 0 bridgehead atoms. The molecule has 2 aromatic rings. The molecule has 0 spiro atoms. The number of carbonyl (C=O) groups excluding carboxylic acids is 1. The molecule has 6 heteroatoms. The maximum atomic E-state index is 10.6. The molecule has 2 N–H and O–H groups in total. The number of methoxy groups -OCH3 is 1. The third-order valence-corrected chi connectivity index (χ3v) is 2.45. The Morgan fingerprint density at radius 2 is 1.95 bits per heavy atom. The Hall–Kier alpha value is -2.63. The van der Waals surface area contributed by atoms with Crippen LogP contribution in [0.25, 0.3) is 0 Å². The van der Waals surface area contributed by atoms with Crippen LogP contribution in [-0.4, -0.2) is 23.4 Å². The molecular weight excluding hydrogens is 246 g/mol. The second kappa shape index (κ2) is 5.81. The zero-order valence-electron chi connectivity index (χ0n) is 10.4. The number of nitrogens with zero attached hydrogens (tertiary/aromatic N) is 2. The topological polar surface area (TPSA) is 87.3 Å². The van der Waals surface area contributed by atoms with Crippen LogP contribution >= 0.6 is 0 Å². The number of nitrogens with two attached hydrogens (primary N) is 1. The van der Waals surface area contributed by atoms with Crippen LogP contribution in [0, 0.1) is 0 Å². The molecule has 1 aromatic carbocycles. The third-order valence-electron chi connectivity index (χ3n) is 2.45. The van der Waals surface area contributed by atoms with E-state index in [-0.39, 0.29) is 18.0 Å². The summed E-state index contributed by atoms with van der Waals surface area (Å²) in [6.07, 6.45) is 1.99. The smallest absolute Gasteiger partial charge is 0.168 e. The van der Waals surface area contributed by atoms with Gasteiger partial charge in [-0.3, -0.25) is 4.79 Å². The number of anilines is 1. The number of nitrogen functional groups attached to an aromatic ring is 1. The lowest BCUT2D eigenvalue weighted by Crippen LogP contribution is -2.06. The predicted molar refractivity (Wildman–Crippen MR) is 69.2 cm³/mol. The van der Waals surface area contributed by atoms with Gasteiger partial charge in [0.25, 0.3) is 0 Å². The van der Waals surface area contributed by atoms with Crippen molar-refractivity contribution in [2.75, 3.05) is 12.8 Å². The second-order valence-corrected chi connectivity index (χ2v) is 3.71. The molecular formula is C13H13N3O3. The van der Waals surface area contributed by atoms with Crippen molar-refractivity contribution in [3.63, 3.8) is 0 Å². The van der Waals surface area contributed by atoms with Crippen LogP contribution in [0.2, 0.25) is 0 Å². The lowest BCUT2D eigenvalue weighted by atomic mass is 10.3. The van der Waals surface area contributed by atoms with Crippen LogP contribution in [0.3, 0.4) is 0 Å². The van der Waals surface area contributed by atoms with E-state index in [0.29, 0.717) is 17.9 Å². The van der Waals surface area contributed by atoms with Gasteiger partial charge in [0.2, 0.25) is 0 Å². The van der Waals surface area contributed by atoms with Crippen LogP contribution in [0.4, 0.5) is 5.82 Å². The van der Waals surface area contributed by atoms with Gasteiger partial charge in [-0.2, -0.15) is 0 Å². The molecule has 1 aromatic heterocycles. The third kappa shape index (κ3) is 3.19. The van der Waals surface area contributed by atoms with Crippen molar-refractivity contribution < 1.29 is 14.3 Å². The number of ether oxygens (including phenoxy) is 2. The Morgan fingerprint density at radius 3 is 2.53 bits per heavy atom. The van der Waals surface area contributed by atoms with Gasteiger partial charge in [0.1, 0.15) is 23.9 Å². The quantitative estimate of drug-likeness (QED) is 0.818.